The lowest BCUT2D eigenvalue weighted by Gasteiger charge is -2.26. The molecule has 0 aromatic carbocycles. The van der Waals surface area contributed by atoms with Gasteiger partial charge in [-0.3, -0.25) is 4.79 Å². The fourth-order valence-electron chi connectivity index (χ4n) is 4.36. The predicted molar refractivity (Wildman–Crippen MR) is 152 cm³/mol. The molecule has 36 heavy (non-hydrogen) atoms. The van der Waals surface area contributed by atoms with Gasteiger partial charge in [0.1, 0.15) is 12.7 Å². The van der Waals surface area contributed by atoms with E-state index in [0.717, 1.165) is 29.9 Å². The fraction of sp³-hybridized carbons (Fsp3) is 0.871. The van der Waals surface area contributed by atoms with Crippen LogP contribution in [-0.2, 0) is 19.1 Å². The molecule has 0 heterocycles. The number of hydrogen-bond donors (Lipinski definition) is 0. The number of hydrogen-bond acceptors (Lipinski definition) is 4. The van der Waals surface area contributed by atoms with E-state index in [4.69, 9.17) is 9.47 Å². The van der Waals surface area contributed by atoms with Crippen LogP contribution in [0, 0.1) is 0 Å². The monoisotopic (exact) mass is 510 g/mol. The van der Waals surface area contributed by atoms with Gasteiger partial charge in [0, 0.05) is 18.9 Å². The summed E-state index contributed by atoms with van der Waals surface area (Å²) in [6.45, 7) is 6.62. The topological polar surface area (TPSA) is 52.6 Å². The SMILES string of the molecule is C=CC(=O)OCC(CC[N+](C)(C)C)OC(=O)CCCCCCCCCCCCCCCCCCCC. The Morgan fingerprint density at radius 1 is 0.722 bits per heavy atom. The Morgan fingerprint density at radius 2 is 1.14 bits per heavy atom. The third-order valence-corrected chi connectivity index (χ3v) is 6.73. The number of nitrogens with zero attached hydrogens (tertiary/aromatic N) is 1. The van der Waals surface area contributed by atoms with Crippen molar-refractivity contribution in [1.82, 2.24) is 0 Å². The fourth-order valence-corrected chi connectivity index (χ4v) is 4.36. The summed E-state index contributed by atoms with van der Waals surface area (Å²) in [5, 5.41) is 0. The van der Waals surface area contributed by atoms with E-state index in [0.29, 0.717) is 12.8 Å². The minimum atomic E-state index is -0.482. The zero-order valence-electron chi connectivity index (χ0n) is 24.5. The Hall–Kier alpha value is -1.36. The van der Waals surface area contributed by atoms with Crippen molar-refractivity contribution in [2.24, 2.45) is 0 Å². The molecule has 0 aliphatic rings. The first-order chi connectivity index (χ1) is 17.3. The lowest BCUT2D eigenvalue weighted by Crippen LogP contribution is -2.38. The van der Waals surface area contributed by atoms with Crippen LogP contribution in [0.1, 0.15) is 135 Å². The Morgan fingerprint density at radius 3 is 1.53 bits per heavy atom. The molecule has 212 valence electrons. The highest BCUT2D eigenvalue weighted by molar-refractivity contribution is 5.81. The van der Waals surface area contributed by atoms with Crippen LogP contribution < -0.4 is 0 Å². The van der Waals surface area contributed by atoms with E-state index in [2.05, 4.69) is 34.6 Å². The lowest BCUT2D eigenvalue weighted by atomic mass is 10.0. The van der Waals surface area contributed by atoms with E-state index >= 15 is 0 Å². The van der Waals surface area contributed by atoms with E-state index < -0.39 is 12.1 Å². The van der Waals surface area contributed by atoms with Gasteiger partial charge in [-0.2, -0.15) is 0 Å². The number of quaternary nitrogens is 1. The number of rotatable bonds is 26. The first kappa shape index (κ1) is 34.6. The zero-order chi connectivity index (χ0) is 26.9. The van der Waals surface area contributed by atoms with Gasteiger partial charge in [-0.05, 0) is 6.42 Å². The van der Waals surface area contributed by atoms with Gasteiger partial charge in [0.05, 0.1) is 27.7 Å². The molecule has 1 atom stereocenters. The predicted octanol–water partition coefficient (Wildman–Crippen LogP) is 8.16. The molecule has 0 N–H and O–H groups in total. The molecule has 0 spiro atoms. The van der Waals surface area contributed by atoms with Crippen molar-refractivity contribution in [2.45, 2.75) is 141 Å². The quantitative estimate of drug-likeness (QED) is 0.0510. The van der Waals surface area contributed by atoms with E-state index in [9.17, 15) is 9.59 Å². The van der Waals surface area contributed by atoms with Gasteiger partial charge in [0.2, 0.25) is 0 Å². The molecule has 5 nitrogen and oxygen atoms in total. The summed E-state index contributed by atoms with van der Waals surface area (Å²) in [4.78, 5) is 23.6. The van der Waals surface area contributed by atoms with Gasteiger partial charge in [0.25, 0.3) is 0 Å². The Bertz CT molecular complexity index is 541. The number of ether oxygens (including phenoxy) is 2. The largest absolute Gasteiger partial charge is 0.459 e. The Kier molecular flexibility index (Phi) is 23.1. The van der Waals surface area contributed by atoms with E-state index in [1.807, 2.05) is 0 Å². The van der Waals surface area contributed by atoms with E-state index in [-0.39, 0.29) is 12.6 Å². The highest BCUT2D eigenvalue weighted by Crippen LogP contribution is 2.15. The third kappa shape index (κ3) is 25.7. The van der Waals surface area contributed by atoms with Crippen LogP contribution in [0.3, 0.4) is 0 Å². The molecule has 0 bridgehead atoms. The summed E-state index contributed by atoms with van der Waals surface area (Å²) >= 11 is 0. The maximum Gasteiger partial charge on any atom is 0.330 e. The van der Waals surface area contributed by atoms with Gasteiger partial charge in [-0.1, -0.05) is 123 Å². The third-order valence-electron chi connectivity index (χ3n) is 6.73. The van der Waals surface area contributed by atoms with Crippen molar-refractivity contribution in [3.05, 3.63) is 12.7 Å². The van der Waals surface area contributed by atoms with E-state index in [1.54, 1.807) is 0 Å². The second kappa shape index (κ2) is 24.0. The number of carbonyl (C=O) groups excluding carboxylic acids is 2. The molecule has 0 rings (SSSR count). The second-order valence-electron chi connectivity index (χ2n) is 11.5. The molecule has 5 heteroatoms. The van der Waals surface area contributed by atoms with Crippen LogP contribution in [0.15, 0.2) is 12.7 Å². The van der Waals surface area contributed by atoms with Crippen molar-refractivity contribution >= 4 is 11.9 Å². The summed E-state index contributed by atoms with van der Waals surface area (Å²) in [5.41, 5.74) is 0. The van der Waals surface area contributed by atoms with Crippen LogP contribution in [0.5, 0.6) is 0 Å². The maximum absolute atomic E-state index is 12.3. The number of unbranched alkanes of at least 4 members (excludes halogenated alkanes) is 17. The molecule has 0 amide bonds. The maximum atomic E-state index is 12.3. The molecule has 0 aromatic rings. The summed E-state index contributed by atoms with van der Waals surface area (Å²) < 4.78 is 11.5. The zero-order valence-corrected chi connectivity index (χ0v) is 24.5. The van der Waals surface area contributed by atoms with Crippen LogP contribution >= 0.6 is 0 Å². The molecular weight excluding hydrogens is 450 g/mol. The Labute approximate surface area is 224 Å². The van der Waals surface area contributed by atoms with Crippen molar-refractivity contribution in [1.29, 1.82) is 0 Å². The molecule has 0 radical (unpaired) electrons. The first-order valence-corrected chi connectivity index (χ1v) is 15.1. The molecule has 0 saturated carbocycles. The summed E-state index contributed by atoms with van der Waals surface area (Å²) in [6.07, 6.45) is 25.8. The molecular formula is C31H60NO4+. The van der Waals surface area contributed by atoms with E-state index in [1.165, 1.54) is 103 Å². The first-order valence-electron chi connectivity index (χ1n) is 15.1. The minimum Gasteiger partial charge on any atom is -0.459 e. The van der Waals surface area contributed by atoms with Gasteiger partial charge in [-0.25, -0.2) is 4.79 Å². The highest BCUT2D eigenvalue weighted by Gasteiger charge is 2.20. The van der Waals surface area contributed by atoms with Gasteiger partial charge >= 0.3 is 11.9 Å². The molecule has 0 aromatic heterocycles. The van der Waals surface area contributed by atoms with Gasteiger partial charge in [0.15, 0.2) is 0 Å². The van der Waals surface area contributed by atoms with Crippen LogP contribution in [0.4, 0.5) is 0 Å². The molecule has 0 aliphatic heterocycles. The molecule has 0 fully saturated rings. The molecule has 0 saturated heterocycles. The normalized spacial score (nSPS) is 12.3. The smallest absolute Gasteiger partial charge is 0.330 e. The number of carbonyl (C=O) groups is 2. The minimum absolute atomic E-state index is 0.0930. The van der Waals surface area contributed by atoms with Gasteiger partial charge in [-0.15, -0.1) is 0 Å². The average molecular weight is 511 g/mol. The van der Waals surface area contributed by atoms with Gasteiger partial charge < -0.3 is 14.0 Å². The summed E-state index contributed by atoms with van der Waals surface area (Å²) in [7, 11) is 6.27. The lowest BCUT2D eigenvalue weighted by molar-refractivity contribution is -0.870. The van der Waals surface area contributed by atoms with Crippen LogP contribution in [-0.4, -0.2) is 56.8 Å². The highest BCUT2D eigenvalue weighted by atomic mass is 16.6. The molecule has 0 aliphatic carbocycles. The second-order valence-corrected chi connectivity index (χ2v) is 11.5. The summed E-state index contributed by atoms with van der Waals surface area (Å²) in [6, 6.07) is 0. The Balaban J connectivity index is 3.63. The summed E-state index contributed by atoms with van der Waals surface area (Å²) in [5.74, 6) is -0.669. The van der Waals surface area contributed by atoms with Crippen molar-refractivity contribution in [2.75, 3.05) is 34.3 Å². The average Bonchev–Trinajstić information content (AvgIpc) is 2.84. The standard InChI is InChI=1S/C31H60NO4/c1-6-8-9-10-11-12-13-14-15-16-17-18-19-20-21-22-23-24-25-31(34)36-29(26-27-32(3,4)5)28-35-30(33)7-2/h7,29H,2,6,8-28H2,1,3-5H3/q+1. The van der Waals surface area contributed by atoms with Crippen LogP contribution in [0.2, 0.25) is 0 Å². The van der Waals surface area contributed by atoms with Crippen LogP contribution in [0.25, 0.3) is 0 Å². The van der Waals surface area contributed by atoms with Crippen molar-refractivity contribution in [3.8, 4) is 0 Å². The van der Waals surface area contributed by atoms with Crippen molar-refractivity contribution in [3.63, 3.8) is 0 Å². The number of esters is 2. The van der Waals surface area contributed by atoms with Crippen molar-refractivity contribution < 1.29 is 23.5 Å². The molecule has 1 unspecified atom stereocenters.